The van der Waals surface area contributed by atoms with Gasteiger partial charge in [0.05, 0.1) is 0 Å². The highest BCUT2D eigenvalue weighted by atomic mass is 16.1. The first-order valence-corrected chi connectivity index (χ1v) is 6.09. The molecule has 0 unspecified atom stereocenters. The van der Waals surface area contributed by atoms with E-state index >= 15 is 0 Å². The molecule has 0 aliphatic heterocycles. The van der Waals surface area contributed by atoms with Crippen LogP contribution in [0.2, 0.25) is 0 Å². The van der Waals surface area contributed by atoms with Gasteiger partial charge in [0.25, 0.3) is 5.91 Å². The van der Waals surface area contributed by atoms with Crippen LogP contribution in [0.4, 0.5) is 0 Å². The van der Waals surface area contributed by atoms with Gasteiger partial charge in [-0.05, 0) is 26.2 Å². The molecule has 1 fully saturated rings. The molecule has 0 aromatic heterocycles. The van der Waals surface area contributed by atoms with Gasteiger partial charge in [-0.2, -0.15) is 5.26 Å². The van der Waals surface area contributed by atoms with Crippen molar-refractivity contribution in [2.45, 2.75) is 58.4 Å². The molecule has 0 aromatic carbocycles. The highest BCUT2D eigenvalue weighted by Gasteiger charge is 2.18. The van der Waals surface area contributed by atoms with Crippen LogP contribution in [-0.4, -0.2) is 11.9 Å². The SMILES string of the molecule is CCC(C)=C(C#N)C(=O)NC1CCCCC1. The lowest BCUT2D eigenvalue weighted by Crippen LogP contribution is -2.37. The predicted octanol–water partition coefficient (Wildman–Crippen LogP) is 2.69. The van der Waals surface area contributed by atoms with E-state index < -0.39 is 0 Å². The second kappa shape index (κ2) is 6.32. The molecule has 3 nitrogen and oxygen atoms in total. The summed E-state index contributed by atoms with van der Waals surface area (Å²) in [5.41, 5.74) is 1.17. The Hall–Kier alpha value is -1.30. The molecule has 1 N–H and O–H groups in total. The molecule has 88 valence electrons. The second-order valence-corrected chi connectivity index (χ2v) is 4.43. The van der Waals surface area contributed by atoms with Gasteiger partial charge in [-0.15, -0.1) is 0 Å². The Kier molecular flexibility index (Phi) is 5.04. The van der Waals surface area contributed by atoms with Crippen LogP contribution in [0.25, 0.3) is 0 Å². The summed E-state index contributed by atoms with van der Waals surface area (Å²) in [6.07, 6.45) is 6.49. The predicted molar refractivity (Wildman–Crippen MR) is 63.6 cm³/mol. The lowest BCUT2D eigenvalue weighted by Gasteiger charge is -2.22. The number of carbonyl (C=O) groups excluding carboxylic acids is 1. The average molecular weight is 220 g/mol. The third-order valence-electron chi connectivity index (χ3n) is 3.24. The molecule has 0 saturated heterocycles. The number of nitriles is 1. The van der Waals surface area contributed by atoms with Crippen molar-refractivity contribution in [3.05, 3.63) is 11.1 Å². The fraction of sp³-hybridized carbons (Fsp3) is 0.692. The van der Waals surface area contributed by atoms with E-state index in [-0.39, 0.29) is 11.9 Å². The Labute approximate surface area is 97.5 Å². The first-order chi connectivity index (χ1) is 7.69. The van der Waals surface area contributed by atoms with Gasteiger partial charge in [-0.25, -0.2) is 0 Å². The first kappa shape index (κ1) is 12.8. The first-order valence-electron chi connectivity index (χ1n) is 6.09. The normalized spacial score (nSPS) is 18.6. The number of carbonyl (C=O) groups is 1. The number of rotatable bonds is 3. The number of nitrogens with zero attached hydrogens (tertiary/aromatic N) is 1. The zero-order valence-corrected chi connectivity index (χ0v) is 10.2. The molecule has 0 aromatic rings. The van der Waals surface area contributed by atoms with Gasteiger partial charge in [-0.1, -0.05) is 31.8 Å². The quantitative estimate of drug-likeness (QED) is 0.587. The van der Waals surface area contributed by atoms with Crippen molar-refractivity contribution in [2.24, 2.45) is 0 Å². The Balaban J connectivity index is 2.60. The van der Waals surface area contributed by atoms with Crippen molar-refractivity contribution in [1.82, 2.24) is 5.32 Å². The molecule has 0 heterocycles. The van der Waals surface area contributed by atoms with Gasteiger partial charge in [-0.3, -0.25) is 4.79 Å². The molecule has 1 rings (SSSR count). The van der Waals surface area contributed by atoms with Crippen LogP contribution in [0.1, 0.15) is 52.4 Å². The Bertz CT molecular complexity index is 319. The summed E-state index contributed by atoms with van der Waals surface area (Å²) in [6.45, 7) is 3.81. The Morgan fingerprint density at radius 2 is 2.00 bits per heavy atom. The topological polar surface area (TPSA) is 52.9 Å². The van der Waals surface area contributed by atoms with Crippen LogP contribution < -0.4 is 5.32 Å². The number of hydrogen-bond donors (Lipinski definition) is 1. The fourth-order valence-corrected chi connectivity index (χ4v) is 2.02. The Morgan fingerprint density at radius 1 is 1.38 bits per heavy atom. The summed E-state index contributed by atoms with van der Waals surface area (Å²) in [7, 11) is 0. The molecular weight excluding hydrogens is 200 g/mol. The minimum atomic E-state index is -0.186. The zero-order valence-electron chi connectivity index (χ0n) is 10.2. The summed E-state index contributed by atoms with van der Waals surface area (Å²) < 4.78 is 0. The van der Waals surface area contributed by atoms with Crippen molar-refractivity contribution in [1.29, 1.82) is 5.26 Å². The van der Waals surface area contributed by atoms with Crippen molar-refractivity contribution in [2.75, 3.05) is 0 Å². The Morgan fingerprint density at radius 3 is 2.50 bits per heavy atom. The monoisotopic (exact) mass is 220 g/mol. The van der Waals surface area contributed by atoms with E-state index in [0.717, 1.165) is 24.8 Å². The van der Waals surface area contributed by atoms with Crippen LogP contribution in [0, 0.1) is 11.3 Å². The third kappa shape index (κ3) is 3.37. The van der Waals surface area contributed by atoms with Crippen molar-refractivity contribution < 1.29 is 4.79 Å². The van der Waals surface area contributed by atoms with Gasteiger partial charge in [0, 0.05) is 6.04 Å². The standard InChI is InChI=1S/C13H20N2O/c1-3-10(2)12(9-14)13(16)15-11-7-5-4-6-8-11/h11H,3-8H2,1-2H3,(H,15,16). The molecule has 1 aliphatic rings. The lowest BCUT2D eigenvalue weighted by atomic mass is 9.95. The average Bonchev–Trinajstić information content (AvgIpc) is 2.31. The fourth-order valence-electron chi connectivity index (χ4n) is 2.02. The minimum Gasteiger partial charge on any atom is -0.349 e. The van der Waals surface area contributed by atoms with E-state index in [1.807, 2.05) is 19.9 Å². The molecule has 0 bridgehead atoms. The van der Waals surface area contributed by atoms with E-state index in [2.05, 4.69) is 5.32 Å². The maximum Gasteiger partial charge on any atom is 0.262 e. The number of allylic oxidation sites excluding steroid dienone is 1. The molecule has 1 aliphatic carbocycles. The molecule has 0 spiro atoms. The minimum absolute atomic E-state index is 0.186. The van der Waals surface area contributed by atoms with E-state index in [1.54, 1.807) is 0 Å². The molecule has 16 heavy (non-hydrogen) atoms. The van der Waals surface area contributed by atoms with Crippen LogP contribution in [0.5, 0.6) is 0 Å². The maximum atomic E-state index is 11.9. The highest BCUT2D eigenvalue weighted by Crippen LogP contribution is 2.18. The maximum absolute atomic E-state index is 11.9. The van der Waals surface area contributed by atoms with Crippen LogP contribution in [0.15, 0.2) is 11.1 Å². The second-order valence-electron chi connectivity index (χ2n) is 4.43. The van der Waals surface area contributed by atoms with Crippen LogP contribution >= 0.6 is 0 Å². The number of amides is 1. The smallest absolute Gasteiger partial charge is 0.262 e. The molecule has 1 saturated carbocycles. The van der Waals surface area contributed by atoms with Crippen LogP contribution in [-0.2, 0) is 4.79 Å². The largest absolute Gasteiger partial charge is 0.349 e. The number of hydrogen-bond acceptors (Lipinski definition) is 2. The summed E-state index contributed by atoms with van der Waals surface area (Å²) in [5, 5.41) is 11.9. The third-order valence-corrected chi connectivity index (χ3v) is 3.24. The van der Waals surface area contributed by atoms with E-state index in [1.165, 1.54) is 19.3 Å². The number of nitrogens with one attached hydrogen (secondary N) is 1. The molecule has 0 radical (unpaired) electrons. The van der Waals surface area contributed by atoms with E-state index in [0.29, 0.717) is 5.57 Å². The summed E-state index contributed by atoms with van der Waals surface area (Å²) >= 11 is 0. The van der Waals surface area contributed by atoms with Crippen molar-refractivity contribution in [3.8, 4) is 6.07 Å². The van der Waals surface area contributed by atoms with Gasteiger partial charge >= 0.3 is 0 Å². The molecular formula is C13H20N2O. The zero-order chi connectivity index (χ0) is 12.0. The van der Waals surface area contributed by atoms with Crippen molar-refractivity contribution in [3.63, 3.8) is 0 Å². The van der Waals surface area contributed by atoms with Gasteiger partial charge in [0.2, 0.25) is 0 Å². The van der Waals surface area contributed by atoms with E-state index in [4.69, 9.17) is 5.26 Å². The van der Waals surface area contributed by atoms with Gasteiger partial charge in [0.1, 0.15) is 11.6 Å². The van der Waals surface area contributed by atoms with Gasteiger partial charge in [0.15, 0.2) is 0 Å². The van der Waals surface area contributed by atoms with Gasteiger partial charge < -0.3 is 5.32 Å². The molecule has 3 heteroatoms. The summed E-state index contributed by atoms with van der Waals surface area (Å²) in [6, 6.07) is 2.28. The van der Waals surface area contributed by atoms with Crippen molar-refractivity contribution >= 4 is 5.91 Å². The van der Waals surface area contributed by atoms with Crippen LogP contribution in [0.3, 0.4) is 0 Å². The highest BCUT2D eigenvalue weighted by molar-refractivity contribution is 5.98. The lowest BCUT2D eigenvalue weighted by molar-refractivity contribution is -0.118. The molecule has 0 atom stereocenters. The summed E-state index contributed by atoms with van der Waals surface area (Å²) in [4.78, 5) is 11.9. The molecule has 1 amide bonds. The van der Waals surface area contributed by atoms with E-state index in [9.17, 15) is 4.79 Å². The summed E-state index contributed by atoms with van der Waals surface area (Å²) in [5.74, 6) is -0.186.